The Kier molecular flexibility index (Phi) is 5.29. The molecule has 194 valence electrons. The van der Waals surface area contributed by atoms with E-state index in [9.17, 15) is 14.7 Å². The summed E-state index contributed by atoms with van der Waals surface area (Å²) in [5, 5.41) is 13.7. The fourth-order valence-electron chi connectivity index (χ4n) is 6.14. The number of aliphatic hydroxyl groups excluding tert-OH is 1. The molecule has 7 rings (SSSR count). The molecule has 3 unspecified atom stereocenters. The van der Waals surface area contributed by atoms with Crippen molar-refractivity contribution < 1.29 is 19.1 Å². The van der Waals surface area contributed by atoms with E-state index >= 15 is 4.39 Å². The topological polar surface area (TPSA) is 91.0 Å². The molecule has 3 atom stereocenters. The van der Waals surface area contributed by atoms with Gasteiger partial charge in [0.1, 0.15) is 17.5 Å². The van der Waals surface area contributed by atoms with Crippen molar-refractivity contribution in [2.24, 2.45) is 28.7 Å². The molecule has 2 saturated carbocycles. The van der Waals surface area contributed by atoms with Crippen molar-refractivity contribution in [1.29, 1.82) is 0 Å². The second-order valence-electron chi connectivity index (χ2n) is 11.5. The molecule has 2 amide bonds. The van der Waals surface area contributed by atoms with Crippen molar-refractivity contribution in [2.45, 2.75) is 50.4 Å². The van der Waals surface area contributed by atoms with Gasteiger partial charge in [-0.05, 0) is 55.4 Å². The van der Waals surface area contributed by atoms with Crippen molar-refractivity contribution in [3.05, 3.63) is 47.3 Å². The molecule has 1 N–H and O–H groups in total. The highest BCUT2D eigenvalue weighted by molar-refractivity contribution is 6.11. The highest BCUT2D eigenvalue weighted by Crippen LogP contribution is 2.47. The average molecular weight is 506 g/mol. The minimum absolute atomic E-state index is 0.00693. The molecule has 37 heavy (non-hydrogen) atoms. The van der Waals surface area contributed by atoms with Gasteiger partial charge < -0.3 is 10.0 Å². The number of hydrogen-bond acceptors (Lipinski definition) is 5. The van der Waals surface area contributed by atoms with Gasteiger partial charge in [-0.25, -0.2) is 4.39 Å². The van der Waals surface area contributed by atoms with E-state index < -0.39 is 17.6 Å². The number of amidine groups is 1. The van der Waals surface area contributed by atoms with Crippen LogP contribution >= 0.6 is 0 Å². The van der Waals surface area contributed by atoms with Crippen LogP contribution in [0.2, 0.25) is 0 Å². The van der Waals surface area contributed by atoms with Crippen LogP contribution in [0.1, 0.15) is 36.9 Å². The molecule has 1 aromatic heterocycles. The molecule has 1 saturated heterocycles. The van der Waals surface area contributed by atoms with Gasteiger partial charge in [0.25, 0.3) is 5.91 Å². The van der Waals surface area contributed by atoms with Crippen molar-refractivity contribution in [2.75, 3.05) is 26.2 Å². The third-order valence-electron chi connectivity index (χ3n) is 8.65. The van der Waals surface area contributed by atoms with Crippen molar-refractivity contribution in [1.82, 2.24) is 19.6 Å². The molecule has 8 nitrogen and oxygen atoms in total. The molecular weight excluding hydrogens is 473 g/mol. The van der Waals surface area contributed by atoms with Crippen LogP contribution in [0.4, 0.5) is 4.39 Å². The molecule has 6 aliphatic rings. The Hall–Kier alpha value is -3.07. The Balaban J connectivity index is 1.04. The fourth-order valence-corrected chi connectivity index (χ4v) is 6.14. The normalized spacial score (nSPS) is 29.9. The number of carbonyl (C=O) groups excluding carboxylic acids is 2. The predicted molar refractivity (Wildman–Crippen MR) is 135 cm³/mol. The summed E-state index contributed by atoms with van der Waals surface area (Å²) < 4.78 is 17.5. The van der Waals surface area contributed by atoms with Gasteiger partial charge in [0.2, 0.25) is 5.91 Å². The first-order valence-corrected chi connectivity index (χ1v) is 13.5. The van der Waals surface area contributed by atoms with Gasteiger partial charge in [-0.15, -0.1) is 0 Å². The Morgan fingerprint density at radius 2 is 2.00 bits per heavy atom. The zero-order valence-electron chi connectivity index (χ0n) is 20.8. The number of aromatic nitrogens is 2. The Morgan fingerprint density at radius 3 is 2.70 bits per heavy atom. The third kappa shape index (κ3) is 3.98. The molecule has 1 spiro atoms. The minimum Gasteiger partial charge on any atom is -0.394 e. The SMILES string of the molecule is O=C(C1CC1)N1CC(CN2C(=O)C3(CC3)N=C2C2C=CC(C3C=Cc4nn(CCO)cc4C3)=CC2F)C1. The van der Waals surface area contributed by atoms with Gasteiger partial charge in [-0.1, -0.05) is 18.2 Å². The van der Waals surface area contributed by atoms with Gasteiger partial charge in [0, 0.05) is 43.6 Å². The zero-order valence-corrected chi connectivity index (χ0v) is 20.8. The summed E-state index contributed by atoms with van der Waals surface area (Å²) in [6, 6.07) is 0. The summed E-state index contributed by atoms with van der Waals surface area (Å²) in [4.78, 5) is 34.0. The predicted octanol–water partition coefficient (Wildman–Crippen LogP) is 2.15. The third-order valence-corrected chi connectivity index (χ3v) is 8.65. The number of hydrogen-bond donors (Lipinski definition) is 1. The number of allylic oxidation sites excluding steroid dienone is 4. The Bertz CT molecular complexity index is 1260. The molecule has 0 bridgehead atoms. The van der Waals surface area contributed by atoms with E-state index in [-0.39, 0.29) is 36.2 Å². The second kappa shape index (κ2) is 8.48. The molecule has 9 heteroatoms. The summed E-state index contributed by atoms with van der Waals surface area (Å²) in [5.41, 5.74) is 2.25. The second-order valence-corrected chi connectivity index (χ2v) is 11.5. The van der Waals surface area contributed by atoms with Crippen molar-refractivity contribution in [3.63, 3.8) is 0 Å². The Labute approximate surface area is 215 Å². The number of alkyl halides is 1. The molecular formula is C28H32FN5O3. The van der Waals surface area contributed by atoms with Crippen LogP contribution in [-0.2, 0) is 22.6 Å². The van der Waals surface area contributed by atoms with E-state index in [4.69, 9.17) is 4.99 Å². The van der Waals surface area contributed by atoms with Crippen LogP contribution in [0.5, 0.6) is 0 Å². The van der Waals surface area contributed by atoms with Crippen LogP contribution in [0.3, 0.4) is 0 Å². The minimum atomic E-state index is -1.26. The van der Waals surface area contributed by atoms with Gasteiger partial charge >= 0.3 is 0 Å². The van der Waals surface area contributed by atoms with E-state index in [2.05, 4.69) is 11.2 Å². The van der Waals surface area contributed by atoms with Crippen molar-refractivity contribution in [3.8, 4) is 0 Å². The quantitative estimate of drug-likeness (QED) is 0.615. The average Bonchev–Trinajstić information content (AvgIpc) is 3.78. The van der Waals surface area contributed by atoms with Crippen LogP contribution < -0.4 is 0 Å². The summed E-state index contributed by atoms with van der Waals surface area (Å²) in [6.45, 7) is 2.35. The highest BCUT2D eigenvalue weighted by Gasteiger charge is 2.59. The first kappa shape index (κ1) is 23.1. The lowest BCUT2D eigenvalue weighted by Gasteiger charge is -2.41. The number of aliphatic hydroxyl groups is 1. The number of likely N-dealkylation sites (tertiary alicyclic amines) is 1. The molecule has 0 radical (unpaired) electrons. The lowest BCUT2D eigenvalue weighted by molar-refractivity contribution is -0.139. The maximum Gasteiger partial charge on any atom is 0.255 e. The lowest BCUT2D eigenvalue weighted by Crippen LogP contribution is -2.56. The first-order valence-electron chi connectivity index (χ1n) is 13.5. The first-order chi connectivity index (χ1) is 17.9. The lowest BCUT2D eigenvalue weighted by atomic mass is 9.82. The highest BCUT2D eigenvalue weighted by atomic mass is 19.1. The standard InChI is InChI=1S/C28H32FN5O3/c29-23-12-20(19-4-6-24-21(11-19)16-33(31-24)9-10-35)3-5-22(23)25-30-28(7-8-28)27(37)34(25)15-17-13-32(14-17)26(36)18-1-2-18/h3-6,12,16-19,22-23,35H,1-2,7-11,13-15H2. The number of rotatable bonds is 7. The molecule has 3 fully saturated rings. The number of aliphatic imine (C=N–C) groups is 1. The van der Waals surface area contributed by atoms with Gasteiger partial charge in [-0.3, -0.25) is 24.2 Å². The Morgan fingerprint density at radius 1 is 1.19 bits per heavy atom. The van der Waals surface area contributed by atoms with E-state index in [0.29, 0.717) is 32.0 Å². The van der Waals surface area contributed by atoms with E-state index in [1.807, 2.05) is 29.3 Å². The maximum atomic E-state index is 15.7. The fraction of sp³-hybridized carbons (Fsp3) is 0.571. The van der Waals surface area contributed by atoms with E-state index in [0.717, 1.165) is 48.9 Å². The number of amides is 2. The van der Waals surface area contributed by atoms with Crippen molar-refractivity contribution >= 4 is 23.7 Å². The van der Waals surface area contributed by atoms with Gasteiger partial charge in [0.05, 0.1) is 24.8 Å². The monoisotopic (exact) mass is 505 g/mol. The van der Waals surface area contributed by atoms with Gasteiger partial charge in [0.15, 0.2) is 0 Å². The zero-order chi connectivity index (χ0) is 25.3. The van der Waals surface area contributed by atoms with E-state index in [1.54, 1.807) is 15.7 Å². The van der Waals surface area contributed by atoms with Crippen LogP contribution in [0.15, 0.2) is 41.1 Å². The molecule has 1 aromatic rings. The number of fused-ring (bicyclic) bond motifs is 1. The van der Waals surface area contributed by atoms with Gasteiger partial charge in [-0.2, -0.15) is 5.10 Å². The summed E-state index contributed by atoms with van der Waals surface area (Å²) in [5.74, 6) is 0.718. The van der Waals surface area contributed by atoms with Crippen LogP contribution in [0.25, 0.3) is 6.08 Å². The maximum absolute atomic E-state index is 15.7. The number of halogens is 1. The van der Waals surface area contributed by atoms with E-state index in [1.165, 1.54) is 0 Å². The summed E-state index contributed by atoms with van der Waals surface area (Å²) in [6.07, 6.45) is 14.5. The summed E-state index contributed by atoms with van der Waals surface area (Å²) in [7, 11) is 0. The largest absolute Gasteiger partial charge is 0.394 e. The molecule has 2 aliphatic heterocycles. The smallest absolute Gasteiger partial charge is 0.255 e. The molecule has 0 aromatic carbocycles. The van der Waals surface area contributed by atoms with Crippen LogP contribution in [-0.4, -0.2) is 80.3 Å². The van der Waals surface area contributed by atoms with Crippen LogP contribution in [0, 0.1) is 23.7 Å². The molecule has 3 heterocycles. The number of nitrogens with zero attached hydrogens (tertiary/aromatic N) is 5. The number of carbonyl (C=O) groups is 2. The summed E-state index contributed by atoms with van der Waals surface area (Å²) >= 11 is 0. The molecule has 4 aliphatic carbocycles.